The molecule has 1 rings (SSSR count). The van der Waals surface area contributed by atoms with E-state index in [4.69, 9.17) is 5.11 Å². The molecular weight excluding hydrogens is 242 g/mol. The minimum absolute atomic E-state index is 0.0548. The van der Waals surface area contributed by atoms with Gasteiger partial charge in [-0.25, -0.2) is 0 Å². The van der Waals surface area contributed by atoms with Gasteiger partial charge in [0.15, 0.2) is 0 Å². The van der Waals surface area contributed by atoms with Crippen molar-refractivity contribution in [2.45, 2.75) is 65.2 Å². The molecule has 0 saturated heterocycles. The molecule has 2 N–H and O–H groups in total. The first-order valence-corrected chi connectivity index (χ1v) is 7.42. The lowest BCUT2D eigenvalue weighted by atomic mass is 9.90. The quantitative estimate of drug-likeness (QED) is 0.712. The van der Waals surface area contributed by atoms with E-state index in [2.05, 4.69) is 5.32 Å². The SMILES string of the molecule is CC(C)(CCNC(=O)CCCC1CCCC1)C(=O)O. The van der Waals surface area contributed by atoms with Crippen molar-refractivity contribution in [3.8, 4) is 0 Å². The average Bonchev–Trinajstić information content (AvgIpc) is 2.81. The molecule has 4 nitrogen and oxygen atoms in total. The molecule has 1 aliphatic carbocycles. The van der Waals surface area contributed by atoms with Gasteiger partial charge in [-0.05, 0) is 39.0 Å². The van der Waals surface area contributed by atoms with E-state index in [-0.39, 0.29) is 5.91 Å². The van der Waals surface area contributed by atoms with Gasteiger partial charge in [0.2, 0.25) is 5.91 Å². The van der Waals surface area contributed by atoms with Crippen molar-refractivity contribution in [1.29, 1.82) is 0 Å². The Morgan fingerprint density at radius 2 is 1.89 bits per heavy atom. The van der Waals surface area contributed by atoms with E-state index in [1.165, 1.54) is 25.7 Å². The lowest BCUT2D eigenvalue weighted by Crippen LogP contribution is -2.31. The zero-order valence-electron chi connectivity index (χ0n) is 12.2. The number of rotatable bonds is 8. The molecule has 0 atom stereocenters. The first-order chi connectivity index (χ1) is 8.92. The third-order valence-corrected chi connectivity index (χ3v) is 4.14. The molecule has 0 aromatic heterocycles. The Morgan fingerprint density at radius 3 is 2.47 bits per heavy atom. The Labute approximate surface area is 116 Å². The van der Waals surface area contributed by atoms with Gasteiger partial charge in [-0.2, -0.15) is 0 Å². The highest BCUT2D eigenvalue weighted by Crippen LogP contribution is 2.28. The number of carboxylic acids is 1. The highest BCUT2D eigenvalue weighted by atomic mass is 16.4. The van der Waals surface area contributed by atoms with Gasteiger partial charge in [0, 0.05) is 13.0 Å². The lowest BCUT2D eigenvalue weighted by molar-refractivity contribution is -0.147. The van der Waals surface area contributed by atoms with E-state index < -0.39 is 11.4 Å². The molecule has 0 radical (unpaired) electrons. The Balaban J connectivity index is 2.06. The van der Waals surface area contributed by atoms with E-state index in [1.807, 2.05) is 0 Å². The average molecular weight is 269 g/mol. The van der Waals surface area contributed by atoms with Crippen LogP contribution in [0.15, 0.2) is 0 Å². The van der Waals surface area contributed by atoms with Crippen LogP contribution in [0.5, 0.6) is 0 Å². The van der Waals surface area contributed by atoms with E-state index in [0.29, 0.717) is 19.4 Å². The number of nitrogens with one attached hydrogen (secondary N) is 1. The first-order valence-electron chi connectivity index (χ1n) is 7.42. The van der Waals surface area contributed by atoms with Gasteiger partial charge in [0.05, 0.1) is 5.41 Å². The minimum Gasteiger partial charge on any atom is -0.481 e. The maximum atomic E-state index is 11.6. The summed E-state index contributed by atoms with van der Waals surface area (Å²) in [6.07, 6.45) is 8.51. The van der Waals surface area contributed by atoms with E-state index in [0.717, 1.165) is 18.8 Å². The number of carboxylic acid groups (broad SMARTS) is 1. The summed E-state index contributed by atoms with van der Waals surface area (Å²) < 4.78 is 0. The fourth-order valence-corrected chi connectivity index (χ4v) is 2.56. The molecule has 1 amide bonds. The Morgan fingerprint density at radius 1 is 1.26 bits per heavy atom. The van der Waals surface area contributed by atoms with E-state index >= 15 is 0 Å². The molecule has 0 aromatic carbocycles. The van der Waals surface area contributed by atoms with Crippen LogP contribution in [-0.4, -0.2) is 23.5 Å². The summed E-state index contributed by atoms with van der Waals surface area (Å²) in [4.78, 5) is 22.5. The van der Waals surface area contributed by atoms with Crippen LogP contribution in [0, 0.1) is 11.3 Å². The van der Waals surface area contributed by atoms with Crippen molar-refractivity contribution in [2.75, 3.05) is 6.54 Å². The fraction of sp³-hybridized carbons (Fsp3) is 0.867. The van der Waals surface area contributed by atoms with Crippen molar-refractivity contribution in [2.24, 2.45) is 11.3 Å². The van der Waals surface area contributed by atoms with Crippen LogP contribution in [0.4, 0.5) is 0 Å². The fourth-order valence-electron chi connectivity index (χ4n) is 2.56. The first kappa shape index (κ1) is 16.0. The summed E-state index contributed by atoms with van der Waals surface area (Å²) in [5.41, 5.74) is -0.767. The second-order valence-corrected chi connectivity index (χ2v) is 6.33. The second kappa shape index (κ2) is 7.51. The summed E-state index contributed by atoms with van der Waals surface area (Å²) in [5.74, 6) is 0.0703. The molecule has 0 heterocycles. The number of carbonyl (C=O) groups is 2. The topological polar surface area (TPSA) is 66.4 Å². The maximum Gasteiger partial charge on any atom is 0.309 e. The highest BCUT2D eigenvalue weighted by Gasteiger charge is 2.26. The van der Waals surface area contributed by atoms with Crippen LogP contribution in [0.25, 0.3) is 0 Å². The zero-order valence-corrected chi connectivity index (χ0v) is 12.2. The van der Waals surface area contributed by atoms with Crippen LogP contribution in [0.1, 0.15) is 65.2 Å². The monoisotopic (exact) mass is 269 g/mol. The van der Waals surface area contributed by atoms with Crippen LogP contribution >= 0.6 is 0 Å². The van der Waals surface area contributed by atoms with Gasteiger partial charge >= 0.3 is 5.97 Å². The third kappa shape index (κ3) is 6.08. The smallest absolute Gasteiger partial charge is 0.309 e. The van der Waals surface area contributed by atoms with Gasteiger partial charge in [-0.1, -0.05) is 25.7 Å². The number of hydrogen-bond donors (Lipinski definition) is 2. The molecule has 110 valence electrons. The van der Waals surface area contributed by atoms with Gasteiger partial charge < -0.3 is 10.4 Å². The lowest BCUT2D eigenvalue weighted by Gasteiger charge is -2.18. The van der Waals surface area contributed by atoms with Gasteiger partial charge in [0.25, 0.3) is 0 Å². The normalized spacial score (nSPS) is 16.5. The second-order valence-electron chi connectivity index (χ2n) is 6.33. The Kier molecular flexibility index (Phi) is 6.32. The highest BCUT2D eigenvalue weighted by molar-refractivity contribution is 5.76. The van der Waals surface area contributed by atoms with E-state index in [9.17, 15) is 9.59 Å². The molecule has 0 unspecified atom stereocenters. The molecule has 0 spiro atoms. The van der Waals surface area contributed by atoms with Crippen molar-refractivity contribution >= 4 is 11.9 Å². The molecule has 0 bridgehead atoms. The summed E-state index contributed by atoms with van der Waals surface area (Å²) in [5, 5.41) is 11.8. The van der Waals surface area contributed by atoms with Gasteiger partial charge in [0.1, 0.15) is 0 Å². The van der Waals surface area contributed by atoms with E-state index in [1.54, 1.807) is 13.8 Å². The van der Waals surface area contributed by atoms with Gasteiger partial charge in [-0.15, -0.1) is 0 Å². The zero-order chi connectivity index (χ0) is 14.3. The molecule has 1 aliphatic rings. The van der Waals surface area contributed by atoms with Crippen LogP contribution in [0.2, 0.25) is 0 Å². The Bertz CT molecular complexity index is 307. The molecule has 0 aromatic rings. The summed E-state index contributed by atoms with van der Waals surface area (Å²) in [6.45, 7) is 3.81. The molecule has 19 heavy (non-hydrogen) atoms. The largest absolute Gasteiger partial charge is 0.481 e. The maximum absolute atomic E-state index is 11.6. The van der Waals surface area contributed by atoms with Crippen molar-refractivity contribution in [3.05, 3.63) is 0 Å². The number of aliphatic carboxylic acids is 1. The van der Waals surface area contributed by atoms with Crippen molar-refractivity contribution in [1.82, 2.24) is 5.32 Å². The summed E-state index contributed by atoms with van der Waals surface area (Å²) in [6, 6.07) is 0. The standard InChI is InChI=1S/C15H27NO3/c1-15(2,14(18)19)10-11-16-13(17)9-5-8-12-6-3-4-7-12/h12H,3-11H2,1-2H3,(H,16,17)(H,18,19). The van der Waals surface area contributed by atoms with Crippen molar-refractivity contribution < 1.29 is 14.7 Å². The number of carbonyl (C=O) groups excluding carboxylic acids is 1. The summed E-state index contributed by atoms with van der Waals surface area (Å²) in [7, 11) is 0. The molecule has 1 saturated carbocycles. The predicted molar refractivity (Wildman–Crippen MR) is 74.9 cm³/mol. The Hall–Kier alpha value is -1.06. The molecule has 0 aliphatic heterocycles. The number of hydrogen-bond acceptors (Lipinski definition) is 2. The molecular formula is C15H27NO3. The van der Waals surface area contributed by atoms with Crippen LogP contribution < -0.4 is 5.32 Å². The minimum atomic E-state index is -0.817. The predicted octanol–water partition coefficient (Wildman–Crippen LogP) is 2.96. The van der Waals surface area contributed by atoms with Gasteiger partial charge in [-0.3, -0.25) is 9.59 Å². The van der Waals surface area contributed by atoms with Crippen molar-refractivity contribution in [3.63, 3.8) is 0 Å². The molecule has 1 fully saturated rings. The van der Waals surface area contributed by atoms with Crippen LogP contribution in [0.3, 0.4) is 0 Å². The summed E-state index contributed by atoms with van der Waals surface area (Å²) >= 11 is 0. The number of amides is 1. The van der Waals surface area contributed by atoms with Crippen LogP contribution in [-0.2, 0) is 9.59 Å². The molecule has 4 heteroatoms. The third-order valence-electron chi connectivity index (χ3n) is 4.14.